The maximum absolute atomic E-state index is 9.84. The minimum absolute atomic E-state index is 0.324. The molecule has 0 aliphatic carbocycles. The van der Waals surface area contributed by atoms with Gasteiger partial charge < -0.3 is 5.11 Å². The first-order chi connectivity index (χ1) is 6.74. The van der Waals surface area contributed by atoms with Crippen molar-refractivity contribution >= 4 is 0 Å². The molecule has 0 amide bonds. The summed E-state index contributed by atoms with van der Waals surface area (Å²) in [4.78, 5) is 0. The highest BCUT2D eigenvalue weighted by Gasteiger charge is 2.05. The summed E-state index contributed by atoms with van der Waals surface area (Å²) in [7, 11) is 0. The molecule has 1 aromatic carbocycles. The number of rotatable bonds is 5. The first kappa shape index (κ1) is 11.0. The number of hydrogen-bond donors (Lipinski definition) is 1. The molecule has 0 heterocycles. The maximum atomic E-state index is 9.84. The standard InChI is InChI=1S/C13H18O/c1-3-4-5-9-13(14)12-8-6-7-11(2)10-12/h3,6-8,10,13-14H,1,4-5,9H2,2H3. The second kappa shape index (κ2) is 5.61. The number of allylic oxidation sites excluding steroid dienone is 1. The van der Waals surface area contributed by atoms with Crippen molar-refractivity contribution in [2.75, 3.05) is 0 Å². The number of benzene rings is 1. The van der Waals surface area contributed by atoms with Gasteiger partial charge in [0.05, 0.1) is 6.10 Å². The van der Waals surface area contributed by atoms with Crippen molar-refractivity contribution < 1.29 is 5.11 Å². The van der Waals surface area contributed by atoms with E-state index >= 15 is 0 Å². The average Bonchev–Trinajstić information content (AvgIpc) is 2.18. The van der Waals surface area contributed by atoms with E-state index in [0.29, 0.717) is 0 Å². The monoisotopic (exact) mass is 190 g/mol. The van der Waals surface area contributed by atoms with Crippen molar-refractivity contribution in [3.8, 4) is 0 Å². The molecule has 0 radical (unpaired) electrons. The van der Waals surface area contributed by atoms with Gasteiger partial charge in [-0.05, 0) is 31.7 Å². The van der Waals surface area contributed by atoms with Gasteiger partial charge in [-0.15, -0.1) is 6.58 Å². The second-order valence-electron chi connectivity index (χ2n) is 3.65. The van der Waals surface area contributed by atoms with Crippen LogP contribution in [0.4, 0.5) is 0 Å². The molecule has 0 aliphatic rings. The van der Waals surface area contributed by atoms with E-state index in [1.807, 2.05) is 37.3 Å². The van der Waals surface area contributed by atoms with Crippen molar-refractivity contribution in [3.05, 3.63) is 48.0 Å². The zero-order valence-electron chi connectivity index (χ0n) is 8.74. The highest BCUT2D eigenvalue weighted by Crippen LogP contribution is 2.19. The molecule has 0 aliphatic heterocycles. The fourth-order valence-corrected chi connectivity index (χ4v) is 1.50. The Morgan fingerprint density at radius 1 is 1.50 bits per heavy atom. The summed E-state index contributed by atoms with van der Waals surface area (Å²) in [6.07, 6.45) is 4.36. The van der Waals surface area contributed by atoms with Crippen LogP contribution in [0.25, 0.3) is 0 Å². The molecule has 0 aromatic heterocycles. The summed E-state index contributed by atoms with van der Waals surface area (Å²) in [5, 5.41) is 9.84. The van der Waals surface area contributed by atoms with Crippen LogP contribution < -0.4 is 0 Å². The molecule has 1 aromatic rings. The number of aryl methyl sites for hydroxylation is 1. The predicted octanol–water partition coefficient (Wildman–Crippen LogP) is 3.38. The van der Waals surface area contributed by atoms with Crippen LogP contribution in [0.5, 0.6) is 0 Å². The van der Waals surface area contributed by atoms with Gasteiger partial charge >= 0.3 is 0 Å². The Morgan fingerprint density at radius 3 is 2.93 bits per heavy atom. The van der Waals surface area contributed by atoms with Crippen LogP contribution in [0, 0.1) is 6.92 Å². The van der Waals surface area contributed by atoms with Gasteiger partial charge in [-0.1, -0.05) is 35.9 Å². The van der Waals surface area contributed by atoms with Gasteiger partial charge in [0, 0.05) is 0 Å². The van der Waals surface area contributed by atoms with Gasteiger partial charge in [0.2, 0.25) is 0 Å². The van der Waals surface area contributed by atoms with Gasteiger partial charge in [-0.2, -0.15) is 0 Å². The smallest absolute Gasteiger partial charge is 0.0790 e. The molecule has 14 heavy (non-hydrogen) atoms. The zero-order chi connectivity index (χ0) is 10.4. The second-order valence-corrected chi connectivity index (χ2v) is 3.65. The molecule has 1 N–H and O–H groups in total. The number of hydrogen-bond acceptors (Lipinski definition) is 1. The van der Waals surface area contributed by atoms with Gasteiger partial charge in [-0.3, -0.25) is 0 Å². The summed E-state index contributed by atoms with van der Waals surface area (Å²) in [6.45, 7) is 5.70. The molecule has 0 spiro atoms. The van der Waals surface area contributed by atoms with Gasteiger partial charge in [-0.25, -0.2) is 0 Å². The molecule has 0 fully saturated rings. The summed E-state index contributed by atoms with van der Waals surface area (Å²) >= 11 is 0. The molecule has 0 saturated heterocycles. The molecular weight excluding hydrogens is 172 g/mol. The van der Waals surface area contributed by atoms with Gasteiger partial charge in [0.1, 0.15) is 0 Å². The molecule has 1 unspecified atom stereocenters. The Kier molecular flexibility index (Phi) is 4.41. The van der Waals surface area contributed by atoms with Crippen LogP contribution in [-0.4, -0.2) is 5.11 Å². The molecule has 1 heteroatoms. The molecule has 1 rings (SSSR count). The lowest BCUT2D eigenvalue weighted by atomic mass is 10.0. The Morgan fingerprint density at radius 2 is 2.29 bits per heavy atom. The zero-order valence-corrected chi connectivity index (χ0v) is 8.74. The van der Waals surface area contributed by atoms with E-state index in [-0.39, 0.29) is 6.10 Å². The van der Waals surface area contributed by atoms with E-state index in [4.69, 9.17) is 0 Å². The lowest BCUT2D eigenvalue weighted by molar-refractivity contribution is 0.165. The maximum Gasteiger partial charge on any atom is 0.0790 e. The molecule has 1 nitrogen and oxygen atoms in total. The van der Waals surface area contributed by atoms with Crippen LogP contribution >= 0.6 is 0 Å². The fourth-order valence-electron chi connectivity index (χ4n) is 1.50. The summed E-state index contributed by atoms with van der Waals surface area (Å²) in [5.74, 6) is 0. The fraction of sp³-hybridized carbons (Fsp3) is 0.385. The van der Waals surface area contributed by atoms with Crippen molar-refractivity contribution in [1.29, 1.82) is 0 Å². The lowest BCUT2D eigenvalue weighted by Gasteiger charge is -2.10. The van der Waals surface area contributed by atoms with Gasteiger partial charge in [0.15, 0.2) is 0 Å². The quantitative estimate of drug-likeness (QED) is 0.557. The van der Waals surface area contributed by atoms with E-state index < -0.39 is 0 Å². The third-order valence-electron chi connectivity index (χ3n) is 2.31. The molecule has 76 valence electrons. The van der Waals surface area contributed by atoms with Crippen LogP contribution in [0.15, 0.2) is 36.9 Å². The Labute approximate surface area is 86.1 Å². The normalized spacial score (nSPS) is 12.4. The highest BCUT2D eigenvalue weighted by molar-refractivity contribution is 5.23. The highest BCUT2D eigenvalue weighted by atomic mass is 16.3. The first-order valence-electron chi connectivity index (χ1n) is 5.09. The van der Waals surface area contributed by atoms with Crippen molar-refractivity contribution in [3.63, 3.8) is 0 Å². The third-order valence-corrected chi connectivity index (χ3v) is 2.31. The topological polar surface area (TPSA) is 20.2 Å². The summed E-state index contributed by atoms with van der Waals surface area (Å²) in [5.41, 5.74) is 2.22. The molecule has 0 saturated carbocycles. The van der Waals surface area contributed by atoms with Crippen molar-refractivity contribution in [2.24, 2.45) is 0 Å². The van der Waals surface area contributed by atoms with E-state index in [2.05, 4.69) is 6.58 Å². The van der Waals surface area contributed by atoms with E-state index in [1.54, 1.807) is 0 Å². The summed E-state index contributed by atoms with van der Waals surface area (Å²) < 4.78 is 0. The third kappa shape index (κ3) is 3.35. The number of unbranched alkanes of at least 4 members (excludes halogenated alkanes) is 1. The molecular formula is C13H18O. The number of aliphatic hydroxyl groups is 1. The Hall–Kier alpha value is -1.08. The van der Waals surface area contributed by atoms with Crippen LogP contribution in [-0.2, 0) is 0 Å². The largest absolute Gasteiger partial charge is 0.388 e. The summed E-state index contributed by atoms with van der Waals surface area (Å²) in [6, 6.07) is 8.05. The Bertz CT molecular complexity index is 291. The minimum atomic E-state index is -0.324. The van der Waals surface area contributed by atoms with Crippen LogP contribution in [0.3, 0.4) is 0 Å². The Balaban J connectivity index is 2.51. The minimum Gasteiger partial charge on any atom is -0.388 e. The van der Waals surface area contributed by atoms with E-state index in [9.17, 15) is 5.11 Å². The predicted molar refractivity (Wildman–Crippen MR) is 60.2 cm³/mol. The van der Waals surface area contributed by atoms with Crippen LogP contribution in [0.1, 0.15) is 36.5 Å². The molecule has 0 bridgehead atoms. The molecule has 1 atom stereocenters. The lowest BCUT2D eigenvalue weighted by Crippen LogP contribution is -1.97. The van der Waals surface area contributed by atoms with E-state index in [0.717, 1.165) is 24.8 Å². The van der Waals surface area contributed by atoms with E-state index in [1.165, 1.54) is 5.56 Å². The first-order valence-corrected chi connectivity index (χ1v) is 5.09. The van der Waals surface area contributed by atoms with Gasteiger partial charge in [0.25, 0.3) is 0 Å². The van der Waals surface area contributed by atoms with Crippen molar-refractivity contribution in [1.82, 2.24) is 0 Å². The SMILES string of the molecule is C=CCCCC(O)c1cccc(C)c1. The van der Waals surface area contributed by atoms with Crippen LogP contribution in [0.2, 0.25) is 0 Å². The number of aliphatic hydroxyl groups excluding tert-OH is 1. The van der Waals surface area contributed by atoms with Crippen molar-refractivity contribution in [2.45, 2.75) is 32.3 Å². The average molecular weight is 190 g/mol.